The Labute approximate surface area is 255 Å². The number of carbonyl (C=O) groups excluding carboxylic acids is 2. The van der Waals surface area contributed by atoms with Gasteiger partial charge in [-0.2, -0.15) is 5.26 Å². The monoisotopic (exact) mass is 602 g/mol. The van der Waals surface area contributed by atoms with Crippen LogP contribution in [0.1, 0.15) is 62.9 Å². The van der Waals surface area contributed by atoms with E-state index in [1.54, 1.807) is 18.2 Å². The molecule has 4 aliphatic carbocycles. The number of rotatable bonds is 7. The first-order valence-electron chi connectivity index (χ1n) is 15.1. The second-order valence-corrected chi connectivity index (χ2v) is 13.1. The van der Waals surface area contributed by atoms with Gasteiger partial charge in [0.2, 0.25) is 11.4 Å². The van der Waals surface area contributed by atoms with E-state index in [0.29, 0.717) is 12.8 Å². The molecule has 2 unspecified atom stereocenters. The molecule has 10 heteroatoms. The number of fused-ring (bicyclic) bond motifs is 5. The minimum atomic E-state index is -1.69. The number of quaternary nitrogens is 1. The Bertz CT molecular complexity index is 1580. The first-order chi connectivity index (χ1) is 21.1. The molecular weight excluding hydrogens is 565 g/mol. The largest absolute Gasteiger partial charge is 0.457 e. The second-order valence-electron chi connectivity index (χ2n) is 13.1. The summed E-state index contributed by atoms with van der Waals surface area (Å²) in [6.45, 7) is 3.59. The minimum absolute atomic E-state index is 0.0217. The minimum Gasteiger partial charge on any atom is -0.457 e. The van der Waals surface area contributed by atoms with Crippen LogP contribution in [0.15, 0.2) is 70.0 Å². The highest BCUT2D eigenvalue weighted by Crippen LogP contribution is 2.68. The number of nitrogens with two attached hydrogens (primary N) is 1. The number of carbonyl (C=O) groups is 2. The highest BCUT2D eigenvalue weighted by atomic mass is 19.1. The second kappa shape index (κ2) is 11.1. The lowest BCUT2D eigenvalue weighted by atomic mass is 9.45. The summed E-state index contributed by atoms with van der Waals surface area (Å²) >= 11 is 0. The van der Waals surface area contributed by atoms with Gasteiger partial charge in [0, 0.05) is 29.3 Å². The fraction of sp³-hybridized carbons (Fsp3) is 0.471. The molecule has 2 aromatic rings. The number of aliphatic hydroxyl groups excluding tert-OH is 1. The molecular formula is C34H37FN3O6+. The zero-order valence-corrected chi connectivity index (χ0v) is 24.8. The number of furan rings is 1. The van der Waals surface area contributed by atoms with Crippen molar-refractivity contribution in [2.24, 2.45) is 28.6 Å². The maximum Gasteiger partial charge on any atom is 0.375 e. The van der Waals surface area contributed by atoms with Crippen LogP contribution in [0.4, 0.5) is 10.1 Å². The summed E-state index contributed by atoms with van der Waals surface area (Å²) in [4.78, 5) is 26.9. The Morgan fingerprint density at radius 1 is 1.25 bits per heavy atom. The fourth-order valence-electron chi connectivity index (χ4n) is 9.08. The van der Waals surface area contributed by atoms with Crippen molar-refractivity contribution in [3.8, 4) is 6.07 Å². The van der Waals surface area contributed by atoms with Crippen molar-refractivity contribution >= 4 is 23.8 Å². The van der Waals surface area contributed by atoms with Crippen molar-refractivity contribution in [2.75, 3.05) is 6.61 Å². The summed E-state index contributed by atoms with van der Waals surface area (Å²) < 4.78 is 30.1. The molecule has 230 valence electrons. The van der Waals surface area contributed by atoms with Gasteiger partial charge in [-0.25, -0.2) is 14.0 Å². The molecule has 0 amide bonds. The number of aliphatic hydroxyl groups is 1. The van der Waals surface area contributed by atoms with Crippen LogP contribution in [0.25, 0.3) is 0 Å². The zero-order chi connectivity index (χ0) is 31.3. The van der Waals surface area contributed by atoms with Gasteiger partial charge in [0.25, 0.3) is 0 Å². The Hall–Kier alpha value is -4.07. The average Bonchev–Trinajstić information content (AvgIpc) is 3.64. The van der Waals surface area contributed by atoms with E-state index in [4.69, 9.17) is 24.6 Å². The van der Waals surface area contributed by atoms with Crippen molar-refractivity contribution in [1.82, 2.24) is 0 Å². The number of nitriles is 1. The molecule has 1 aromatic carbocycles. The van der Waals surface area contributed by atoms with Gasteiger partial charge < -0.3 is 24.4 Å². The van der Waals surface area contributed by atoms with Crippen molar-refractivity contribution in [2.45, 2.75) is 64.1 Å². The first-order valence-corrected chi connectivity index (χ1v) is 15.1. The highest BCUT2D eigenvalue weighted by molar-refractivity contribution is 5.91. The van der Waals surface area contributed by atoms with Gasteiger partial charge in [0.05, 0.1) is 12.4 Å². The molecule has 0 radical (unpaired) electrons. The van der Waals surface area contributed by atoms with Gasteiger partial charge in [-0.05, 0) is 92.0 Å². The molecule has 3 fully saturated rings. The van der Waals surface area contributed by atoms with Crippen molar-refractivity contribution in [3.63, 3.8) is 0 Å². The molecule has 1 aromatic heterocycles. The number of hydrogen-bond donors (Lipinski definition) is 3. The molecule has 4 N–H and O–H groups in total. The standard InChI is InChI=1S/C34H36FN3O6/c1-32-17-20(19-37)26(38-23-8-6-22(35)7-9-23)16-21(32)5-10-24-25-11-12-34(31(41)43-15-13-36,33(25,2)18-27(39)29(24)32)44-30(40)28-4-3-14-42-28/h3-4,6-9,14,16,19,24-25,27,29,37-39H,5,10-12,15,17-18H2,1-2H3/p+1/t24-,25?,27-,29?,32-,33-,34-/m0/s1. The highest BCUT2D eigenvalue weighted by Gasteiger charge is 2.71. The maximum absolute atomic E-state index is 13.7. The van der Waals surface area contributed by atoms with Crippen LogP contribution in [-0.4, -0.2) is 41.6 Å². The van der Waals surface area contributed by atoms with Gasteiger partial charge in [-0.1, -0.05) is 19.4 Å². The summed E-state index contributed by atoms with van der Waals surface area (Å²) in [5.74, 6) is -2.10. The number of hydrogen-bond acceptors (Lipinski definition) is 8. The molecule has 0 aliphatic heterocycles. The smallest absolute Gasteiger partial charge is 0.375 e. The van der Waals surface area contributed by atoms with Crippen LogP contribution in [0.2, 0.25) is 0 Å². The third kappa shape index (κ3) is 4.61. The maximum atomic E-state index is 13.7. The van der Waals surface area contributed by atoms with Gasteiger partial charge in [0.1, 0.15) is 23.3 Å². The molecule has 44 heavy (non-hydrogen) atoms. The lowest BCUT2D eigenvalue weighted by Crippen LogP contribution is -2.76. The van der Waals surface area contributed by atoms with E-state index in [1.165, 1.54) is 36.2 Å². The van der Waals surface area contributed by atoms with Crippen molar-refractivity contribution in [1.29, 1.82) is 10.7 Å². The molecule has 9 nitrogen and oxygen atoms in total. The number of nitrogens with one attached hydrogen (secondary N) is 1. The Kier molecular flexibility index (Phi) is 7.58. The third-order valence-electron chi connectivity index (χ3n) is 11.0. The summed E-state index contributed by atoms with van der Waals surface area (Å²) in [5.41, 5.74) is 0.753. The summed E-state index contributed by atoms with van der Waals surface area (Å²) in [5, 5.41) is 31.4. The third-order valence-corrected chi connectivity index (χ3v) is 11.0. The SMILES string of the molecule is C[C@]12CC(C=N)=C([NH2+]c3ccc(F)cc3)C=C1CC[C@@H]1C2[C@@H](O)C[C@@]2(C)C1CC[C@]2(OC(=O)c1ccco1)C(=O)OCC#N. The van der Waals surface area contributed by atoms with Gasteiger partial charge in [-0.3, -0.25) is 5.32 Å². The molecule has 0 saturated heterocycles. The number of esters is 2. The lowest BCUT2D eigenvalue weighted by Gasteiger charge is -2.60. The van der Waals surface area contributed by atoms with E-state index in [1.807, 2.05) is 18.3 Å². The lowest BCUT2D eigenvalue weighted by molar-refractivity contribution is -0.513. The van der Waals surface area contributed by atoms with Crippen LogP contribution in [0, 0.1) is 51.1 Å². The molecule has 7 atom stereocenters. The summed E-state index contributed by atoms with van der Waals surface area (Å²) in [6.07, 6.45) is 7.16. The Morgan fingerprint density at radius 2 is 2.02 bits per heavy atom. The van der Waals surface area contributed by atoms with Crippen LogP contribution < -0.4 is 5.32 Å². The molecule has 0 spiro atoms. The number of benzene rings is 1. The quantitative estimate of drug-likeness (QED) is 0.236. The summed E-state index contributed by atoms with van der Waals surface area (Å²) in [7, 11) is 0. The van der Waals surface area contributed by atoms with Crippen LogP contribution in [0.3, 0.4) is 0 Å². The van der Waals surface area contributed by atoms with Crippen LogP contribution >= 0.6 is 0 Å². The molecule has 6 rings (SSSR count). The molecule has 3 saturated carbocycles. The van der Waals surface area contributed by atoms with Gasteiger partial charge >= 0.3 is 11.9 Å². The Morgan fingerprint density at radius 3 is 2.70 bits per heavy atom. The molecule has 1 heterocycles. The summed E-state index contributed by atoms with van der Waals surface area (Å²) in [6, 6.07) is 11.1. The Balaban J connectivity index is 1.33. The molecule has 0 bridgehead atoms. The van der Waals surface area contributed by atoms with E-state index in [0.717, 1.165) is 29.8 Å². The van der Waals surface area contributed by atoms with E-state index in [-0.39, 0.29) is 42.2 Å². The number of halogens is 1. The van der Waals surface area contributed by atoms with Gasteiger partial charge in [0.15, 0.2) is 6.61 Å². The van der Waals surface area contributed by atoms with Crippen LogP contribution in [0.5, 0.6) is 0 Å². The number of ether oxygens (including phenoxy) is 2. The van der Waals surface area contributed by atoms with Crippen LogP contribution in [-0.2, 0) is 14.3 Å². The van der Waals surface area contributed by atoms with E-state index < -0.39 is 41.1 Å². The first kappa shape index (κ1) is 30.0. The van der Waals surface area contributed by atoms with Crippen molar-refractivity contribution < 1.29 is 38.3 Å². The predicted octanol–water partition coefficient (Wildman–Crippen LogP) is 4.72. The van der Waals surface area contributed by atoms with Gasteiger partial charge in [-0.15, -0.1) is 0 Å². The van der Waals surface area contributed by atoms with Crippen molar-refractivity contribution in [3.05, 3.63) is 77.2 Å². The van der Waals surface area contributed by atoms with E-state index in [9.17, 15) is 19.1 Å². The fourth-order valence-corrected chi connectivity index (χ4v) is 9.08. The van der Waals surface area contributed by atoms with E-state index in [2.05, 4.69) is 13.0 Å². The number of nitrogens with zero attached hydrogens (tertiary/aromatic N) is 1. The topological polar surface area (TPSA) is 150 Å². The molecule has 4 aliphatic rings. The number of allylic oxidation sites excluding steroid dienone is 3. The predicted molar refractivity (Wildman–Crippen MR) is 156 cm³/mol. The zero-order valence-electron chi connectivity index (χ0n) is 24.8. The van der Waals surface area contributed by atoms with E-state index >= 15 is 0 Å². The average molecular weight is 603 g/mol. The normalized spacial score (nSPS) is 34.1.